The van der Waals surface area contributed by atoms with Crippen molar-refractivity contribution in [3.8, 4) is 47.4 Å². The molecule has 0 saturated carbocycles. The first-order valence-electron chi connectivity index (χ1n) is 39.5. The molecule has 4 N–H and O–H groups in total. The van der Waals surface area contributed by atoms with E-state index < -0.39 is 37.5 Å². The van der Waals surface area contributed by atoms with Crippen molar-refractivity contribution in [3.05, 3.63) is 0 Å². The van der Waals surface area contributed by atoms with Crippen LogP contribution in [0.2, 0.25) is 0 Å². The van der Waals surface area contributed by atoms with Gasteiger partial charge in [0.1, 0.15) is 0 Å². The summed E-state index contributed by atoms with van der Waals surface area (Å²) >= 11 is 0. The maximum Gasteiger partial charge on any atom is 3.00 e. The van der Waals surface area contributed by atoms with E-state index in [1.807, 2.05) is 0 Å². The Labute approximate surface area is 654 Å². The van der Waals surface area contributed by atoms with E-state index in [9.17, 15) is 48.9 Å². The third kappa shape index (κ3) is 81.5. The number of carbonyl (C=O) groups excluding carboxylic acids is 7. The number of amides is 4. The van der Waals surface area contributed by atoms with Crippen LogP contribution in [0, 0.1) is 87.3 Å². The molecular weight excluding hydrogens is 1460 g/mol. The van der Waals surface area contributed by atoms with Crippen molar-refractivity contribution in [1.29, 1.82) is 0 Å². The molecule has 589 valence electrons. The molecule has 0 aromatic heterocycles. The van der Waals surface area contributed by atoms with Crippen LogP contribution in [-0.4, -0.2) is 207 Å². The Morgan fingerprint density at radius 2 is 0.476 bits per heavy atom. The number of ether oxygens (including phenoxy) is 5. The van der Waals surface area contributed by atoms with E-state index in [4.69, 9.17) is 23.7 Å². The first kappa shape index (κ1) is 101. The zero-order chi connectivity index (χ0) is 74.3. The summed E-state index contributed by atoms with van der Waals surface area (Å²) in [6, 6.07) is 0. The molecule has 0 unspecified atom stereocenters. The summed E-state index contributed by atoms with van der Waals surface area (Å²) < 4.78 is 27.7. The summed E-state index contributed by atoms with van der Waals surface area (Å²) in [4.78, 5) is 88.8. The number of unbranched alkanes of at least 4 members (excludes halogenated alkanes) is 32. The van der Waals surface area contributed by atoms with Gasteiger partial charge in [-0.3, -0.25) is 33.9 Å². The average molecular weight is 1590 g/mol. The van der Waals surface area contributed by atoms with Crippen LogP contribution in [0.15, 0.2) is 0 Å². The molecule has 0 aliphatic carbocycles. The molecule has 0 atom stereocenters. The van der Waals surface area contributed by atoms with Gasteiger partial charge in [0.15, 0.2) is 0 Å². The molecule has 1 radical (unpaired) electrons. The molecular formula is C80H136GdN7O15. The summed E-state index contributed by atoms with van der Waals surface area (Å²) in [5.41, 5.74) is 0. The normalized spacial score (nSPS) is 10.8. The minimum atomic E-state index is -1.40. The van der Waals surface area contributed by atoms with E-state index in [1.165, 1.54) is 143 Å². The van der Waals surface area contributed by atoms with E-state index in [-0.39, 0.29) is 155 Å². The molecule has 0 aliphatic rings. The van der Waals surface area contributed by atoms with Gasteiger partial charge in [0.2, 0.25) is 23.6 Å². The molecule has 0 fully saturated rings. The molecule has 0 bridgehead atoms. The van der Waals surface area contributed by atoms with Gasteiger partial charge in [0, 0.05) is 136 Å². The third-order valence-electron chi connectivity index (χ3n) is 16.9. The predicted octanol–water partition coefficient (Wildman–Crippen LogP) is 7.35. The molecule has 22 nitrogen and oxygen atoms in total. The Kier molecular flexibility index (Phi) is 79.7. The molecule has 0 aliphatic heterocycles. The second-order valence-corrected chi connectivity index (χ2v) is 26.2. The number of carboxylic acids is 3. The van der Waals surface area contributed by atoms with Gasteiger partial charge in [-0.2, -0.15) is 0 Å². The first-order valence-corrected chi connectivity index (χ1v) is 39.5. The van der Waals surface area contributed by atoms with Crippen LogP contribution in [0.25, 0.3) is 0 Å². The molecule has 0 saturated heterocycles. The second-order valence-electron chi connectivity index (χ2n) is 26.2. The fourth-order valence-corrected chi connectivity index (χ4v) is 11.0. The summed E-state index contributed by atoms with van der Waals surface area (Å²) in [7, 11) is 0. The Bertz CT molecular complexity index is 2350. The molecule has 0 aromatic rings. The largest absolute Gasteiger partial charge is 3.00 e. The van der Waals surface area contributed by atoms with Gasteiger partial charge in [0.05, 0.1) is 84.0 Å². The Balaban J connectivity index is 0. The quantitative estimate of drug-likeness (QED) is 0.0342. The van der Waals surface area contributed by atoms with Crippen molar-refractivity contribution < 1.29 is 113 Å². The van der Waals surface area contributed by atoms with Crippen molar-refractivity contribution in [2.45, 2.75) is 271 Å². The van der Waals surface area contributed by atoms with Gasteiger partial charge in [0.25, 0.3) is 0 Å². The monoisotopic (exact) mass is 1590 g/mol. The topological polar surface area (TPSA) is 293 Å². The zero-order valence-electron chi connectivity index (χ0n) is 63.9. The van der Waals surface area contributed by atoms with E-state index in [0.29, 0.717) is 65.6 Å². The van der Waals surface area contributed by atoms with Crippen LogP contribution >= 0.6 is 0 Å². The minimum absolute atomic E-state index is 0. The number of carbonyl (C=O) groups is 7. The minimum Gasteiger partial charge on any atom is -0.549 e. The van der Waals surface area contributed by atoms with Crippen molar-refractivity contribution in [2.24, 2.45) is 0 Å². The summed E-state index contributed by atoms with van der Waals surface area (Å²) in [5.74, 6) is 19.9. The maximum atomic E-state index is 12.6. The number of carboxylic acid groups (broad SMARTS) is 3. The van der Waals surface area contributed by atoms with Crippen LogP contribution in [0.3, 0.4) is 0 Å². The van der Waals surface area contributed by atoms with Crippen LogP contribution in [-0.2, 0) is 57.2 Å². The van der Waals surface area contributed by atoms with Gasteiger partial charge in [-0.25, -0.2) is 0 Å². The smallest absolute Gasteiger partial charge is 0.549 e. The van der Waals surface area contributed by atoms with Gasteiger partial charge < -0.3 is 74.7 Å². The predicted molar refractivity (Wildman–Crippen MR) is 398 cm³/mol. The van der Waals surface area contributed by atoms with Crippen LogP contribution in [0.5, 0.6) is 0 Å². The fraction of sp³-hybridized carbons (Fsp3) is 0.812. The van der Waals surface area contributed by atoms with Crippen molar-refractivity contribution in [1.82, 2.24) is 36.0 Å². The average Bonchev–Trinajstić information content (AvgIpc) is 1.00. The Hall–Kier alpha value is -4.47. The van der Waals surface area contributed by atoms with Crippen molar-refractivity contribution in [2.75, 3.05) is 151 Å². The molecule has 0 heterocycles. The number of rotatable bonds is 75. The SMILES string of the molecule is CCCCCCCCCCCCC#CC#CCCCCCCCCC(=O)NCCOCCOCCNC(=O)CCN(CCN(CCN(CCC(=O)NCCOCCOCCOCCNC(=O)CCCCCCCCC#CC#CCCCCCCCCCCCC)CC(=O)[O-])CC(=O)[O-])CC(=O)[O-].[Gd+3]. The van der Waals surface area contributed by atoms with E-state index in [1.54, 1.807) is 0 Å². The fourth-order valence-electron chi connectivity index (χ4n) is 11.0. The summed E-state index contributed by atoms with van der Waals surface area (Å²) in [5, 5.41) is 46.1. The van der Waals surface area contributed by atoms with Crippen molar-refractivity contribution >= 4 is 41.5 Å². The van der Waals surface area contributed by atoms with Gasteiger partial charge in [-0.15, -0.1) is 0 Å². The Morgan fingerprint density at radius 3 is 0.718 bits per heavy atom. The number of nitrogens with zero attached hydrogens (tertiary/aromatic N) is 3. The number of hydrogen-bond acceptors (Lipinski definition) is 18. The van der Waals surface area contributed by atoms with Crippen LogP contribution < -0.4 is 36.6 Å². The number of hydrogen-bond donors (Lipinski definition) is 4. The van der Waals surface area contributed by atoms with Crippen LogP contribution in [0.1, 0.15) is 271 Å². The van der Waals surface area contributed by atoms with Crippen LogP contribution in [0.4, 0.5) is 0 Å². The van der Waals surface area contributed by atoms with Crippen molar-refractivity contribution in [3.63, 3.8) is 0 Å². The first-order chi connectivity index (χ1) is 49.9. The Morgan fingerprint density at radius 1 is 0.272 bits per heavy atom. The third-order valence-corrected chi connectivity index (χ3v) is 16.9. The number of nitrogens with one attached hydrogen (secondary N) is 4. The standard InChI is InChI=1S/C80H139N7O15.Gd/c1-3-5-7-9-11-13-15-17-19-21-23-25-27-29-31-33-35-37-39-41-43-45-47-74(88)81-51-61-98-65-66-99-63-53-83-76(90)49-55-85(71-78(92)93)57-59-87(73-80(96)97)60-58-86(72-79(94)95)56-50-77(91)84-54-64-101-68-70-102-69-67-100-62-52-82-75(89)48-46-44-42-40-38-36-34-32-30-28-26-24-22-20-18-16-14-12-10-8-6-4-2;/h3-24,33-73H2,1-2H3,(H,81,88)(H,82,89)(H,83,90)(H,84,91)(H,92,93)(H,94,95)(H,96,97);/q;+3/p-3. The number of aliphatic carboxylic acids is 3. The van der Waals surface area contributed by atoms with Gasteiger partial charge >= 0.3 is 39.9 Å². The molecule has 0 aromatic carbocycles. The maximum absolute atomic E-state index is 12.6. The molecule has 23 heteroatoms. The van der Waals surface area contributed by atoms with Gasteiger partial charge in [-0.1, -0.05) is 204 Å². The molecule has 0 rings (SSSR count). The zero-order valence-corrected chi connectivity index (χ0v) is 66.1. The van der Waals surface area contributed by atoms with E-state index in [2.05, 4.69) is 82.5 Å². The van der Waals surface area contributed by atoms with Gasteiger partial charge in [-0.05, 0) is 62.2 Å². The molecule has 0 spiro atoms. The van der Waals surface area contributed by atoms with E-state index >= 15 is 0 Å². The molecule has 103 heavy (non-hydrogen) atoms. The van der Waals surface area contributed by atoms with E-state index in [0.717, 1.165) is 103 Å². The molecule has 4 amide bonds. The summed E-state index contributed by atoms with van der Waals surface area (Å²) in [6.45, 7) is 7.41. The summed E-state index contributed by atoms with van der Waals surface area (Å²) in [6.07, 6.45) is 43.8. The second kappa shape index (κ2) is 81.6.